The number of nitrogens with zero attached hydrogens (tertiary/aromatic N) is 1. The minimum absolute atomic E-state index is 0.0604. The van der Waals surface area contributed by atoms with E-state index in [1.165, 1.54) is 18.1 Å². The van der Waals surface area contributed by atoms with Crippen molar-refractivity contribution in [2.75, 3.05) is 19.6 Å². The summed E-state index contributed by atoms with van der Waals surface area (Å²) in [5.41, 5.74) is 2.94. The van der Waals surface area contributed by atoms with E-state index < -0.39 is 5.97 Å². The fourth-order valence-corrected chi connectivity index (χ4v) is 3.87. The predicted octanol–water partition coefficient (Wildman–Crippen LogP) is 3.52. The molecule has 1 fully saturated rings. The molecule has 1 aliphatic rings. The maximum Gasteiger partial charge on any atom is 0.308 e. The molecule has 0 aromatic heterocycles. The molecule has 1 saturated heterocycles. The van der Waals surface area contributed by atoms with E-state index in [1.54, 1.807) is 24.3 Å². The van der Waals surface area contributed by atoms with Gasteiger partial charge in [0.2, 0.25) is 5.91 Å². The van der Waals surface area contributed by atoms with E-state index in [0.29, 0.717) is 43.3 Å². The first-order valence-electron chi connectivity index (χ1n) is 10.8. The van der Waals surface area contributed by atoms with Gasteiger partial charge in [0.1, 0.15) is 5.75 Å². The Morgan fingerprint density at radius 2 is 1.81 bits per heavy atom. The Morgan fingerprint density at radius 3 is 2.52 bits per heavy atom. The minimum Gasteiger partial charge on any atom is -0.427 e. The van der Waals surface area contributed by atoms with Crippen LogP contribution in [0.15, 0.2) is 48.5 Å². The zero-order valence-electron chi connectivity index (χ0n) is 18.2. The summed E-state index contributed by atoms with van der Waals surface area (Å²) < 4.78 is 5.07. The average molecular weight is 423 g/mol. The first-order chi connectivity index (χ1) is 14.9. The fraction of sp³-hybridized carbons (Fsp3) is 0.400. The van der Waals surface area contributed by atoms with Gasteiger partial charge in [0.05, 0.1) is 0 Å². The molecule has 0 spiro atoms. The second kappa shape index (κ2) is 10.8. The summed E-state index contributed by atoms with van der Waals surface area (Å²) in [6.07, 6.45) is 2.94. The standard InChI is InChI=1S/C25H30N2O4/c1-18-6-3-4-7-21(18)10-11-24(29)26-17-20-12-14-27(15-13-20)25(30)22-8-5-9-23(16-22)31-19(2)28/h3-9,16,20H,10-15,17H2,1-2H3,(H,26,29). The number of piperidine rings is 1. The minimum atomic E-state index is -0.411. The number of benzene rings is 2. The largest absolute Gasteiger partial charge is 0.427 e. The van der Waals surface area contributed by atoms with Gasteiger partial charge in [0.15, 0.2) is 0 Å². The summed E-state index contributed by atoms with van der Waals surface area (Å²) in [6.45, 7) is 5.35. The third kappa shape index (κ3) is 6.67. The third-order valence-electron chi connectivity index (χ3n) is 5.71. The highest BCUT2D eigenvalue weighted by atomic mass is 16.5. The Balaban J connectivity index is 1.41. The lowest BCUT2D eigenvalue weighted by molar-refractivity contribution is -0.131. The molecule has 31 heavy (non-hydrogen) atoms. The molecule has 1 N–H and O–H groups in total. The van der Waals surface area contributed by atoms with Gasteiger partial charge >= 0.3 is 5.97 Å². The third-order valence-corrected chi connectivity index (χ3v) is 5.71. The molecule has 164 valence electrons. The van der Waals surface area contributed by atoms with Crippen molar-refractivity contribution in [3.63, 3.8) is 0 Å². The molecule has 3 rings (SSSR count). The maximum absolute atomic E-state index is 12.8. The average Bonchev–Trinajstić information content (AvgIpc) is 2.77. The molecule has 6 nitrogen and oxygen atoms in total. The van der Waals surface area contributed by atoms with Gasteiger partial charge in [0.25, 0.3) is 5.91 Å². The maximum atomic E-state index is 12.8. The van der Waals surface area contributed by atoms with Crippen LogP contribution in [0.2, 0.25) is 0 Å². The molecule has 1 heterocycles. The number of likely N-dealkylation sites (tertiary alicyclic amines) is 1. The van der Waals surface area contributed by atoms with Gasteiger partial charge in [-0.25, -0.2) is 0 Å². The number of hydrogen-bond donors (Lipinski definition) is 1. The quantitative estimate of drug-likeness (QED) is 0.547. The topological polar surface area (TPSA) is 75.7 Å². The van der Waals surface area contributed by atoms with Crippen molar-refractivity contribution in [3.8, 4) is 5.75 Å². The molecule has 2 amide bonds. The normalized spacial score (nSPS) is 14.2. The van der Waals surface area contributed by atoms with Crippen LogP contribution < -0.4 is 10.1 Å². The van der Waals surface area contributed by atoms with Crippen molar-refractivity contribution in [1.29, 1.82) is 0 Å². The number of esters is 1. The highest BCUT2D eigenvalue weighted by Crippen LogP contribution is 2.21. The SMILES string of the molecule is CC(=O)Oc1cccc(C(=O)N2CCC(CNC(=O)CCc3ccccc3C)CC2)c1. The number of hydrogen-bond acceptors (Lipinski definition) is 4. The van der Waals surface area contributed by atoms with Crippen molar-refractivity contribution >= 4 is 17.8 Å². The molecule has 0 radical (unpaired) electrons. The molecule has 0 aliphatic carbocycles. The van der Waals surface area contributed by atoms with Crippen LogP contribution in [-0.2, 0) is 16.0 Å². The number of ether oxygens (including phenoxy) is 1. The van der Waals surface area contributed by atoms with Crippen LogP contribution >= 0.6 is 0 Å². The Hall–Kier alpha value is -3.15. The van der Waals surface area contributed by atoms with Gasteiger partial charge < -0.3 is 15.0 Å². The zero-order chi connectivity index (χ0) is 22.2. The lowest BCUT2D eigenvalue weighted by Crippen LogP contribution is -2.41. The predicted molar refractivity (Wildman–Crippen MR) is 119 cm³/mol. The number of carbonyl (C=O) groups is 3. The summed E-state index contributed by atoms with van der Waals surface area (Å²) >= 11 is 0. The van der Waals surface area contributed by atoms with Crippen molar-refractivity contribution in [1.82, 2.24) is 10.2 Å². The fourth-order valence-electron chi connectivity index (χ4n) is 3.87. The Kier molecular flexibility index (Phi) is 7.82. The van der Waals surface area contributed by atoms with Gasteiger partial charge in [-0.15, -0.1) is 0 Å². The molecule has 2 aromatic carbocycles. The first kappa shape index (κ1) is 22.5. The number of carbonyl (C=O) groups excluding carboxylic acids is 3. The van der Waals surface area contributed by atoms with Crippen molar-refractivity contribution in [2.24, 2.45) is 5.92 Å². The van der Waals surface area contributed by atoms with E-state index in [4.69, 9.17) is 4.74 Å². The van der Waals surface area contributed by atoms with Gasteiger partial charge in [-0.3, -0.25) is 14.4 Å². The number of amides is 2. The van der Waals surface area contributed by atoms with Crippen LogP contribution in [0.5, 0.6) is 5.75 Å². The Morgan fingerprint density at radius 1 is 1.06 bits per heavy atom. The van der Waals surface area contributed by atoms with E-state index >= 15 is 0 Å². The van der Waals surface area contributed by atoms with Gasteiger partial charge in [-0.05, 0) is 61.4 Å². The van der Waals surface area contributed by atoms with Crippen LogP contribution in [-0.4, -0.2) is 42.3 Å². The lowest BCUT2D eigenvalue weighted by atomic mass is 9.96. The van der Waals surface area contributed by atoms with Crippen molar-refractivity contribution < 1.29 is 19.1 Å². The number of rotatable bonds is 7. The van der Waals surface area contributed by atoms with E-state index in [-0.39, 0.29) is 11.8 Å². The lowest BCUT2D eigenvalue weighted by Gasteiger charge is -2.32. The summed E-state index contributed by atoms with van der Waals surface area (Å²) in [6, 6.07) is 14.8. The highest BCUT2D eigenvalue weighted by molar-refractivity contribution is 5.94. The number of aryl methyl sites for hydroxylation is 2. The second-order valence-electron chi connectivity index (χ2n) is 8.09. The van der Waals surface area contributed by atoms with Crippen LogP contribution in [0.25, 0.3) is 0 Å². The number of nitrogens with one attached hydrogen (secondary N) is 1. The molecule has 1 aliphatic heterocycles. The summed E-state index contributed by atoms with van der Waals surface area (Å²) in [5, 5.41) is 3.05. The molecular weight excluding hydrogens is 392 g/mol. The highest BCUT2D eigenvalue weighted by Gasteiger charge is 2.24. The van der Waals surface area contributed by atoms with Crippen LogP contribution in [0.3, 0.4) is 0 Å². The Bertz CT molecular complexity index is 933. The molecule has 6 heteroatoms. The van der Waals surface area contributed by atoms with E-state index in [2.05, 4.69) is 24.4 Å². The van der Waals surface area contributed by atoms with E-state index in [9.17, 15) is 14.4 Å². The molecule has 0 atom stereocenters. The monoisotopic (exact) mass is 422 g/mol. The van der Waals surface area contributed by atoms with Crippen LogP contribution in [0.4, 0.5) is 0 Å². The smallest absolute Gasteiger partial charge is 0.308 e. The van der Waals surface area contributed by atoms with Crippen LogP contribution in [0.1, 0.15) is 47.7 Å². The first-order valence-corrected chi connectivity index (χ1v) is 10.8. The summed E-state index contributed by atoms with van der Waals surface area (Å²) in [4.78, 5) is 37.9. The molecule has 0 saturated carbocycles. The molecule has 0 bridgehead atoms. The van der Waals surface area contributed by atoms with E-state index in [1.807, 2.05) is 17.0 Å². The molecule has 0 unspecified atom stereocenters. The van der Waals surface area contributed by atoms with Gasteiger partial charge in [-0.1, -0.05) is 30.3 Å². The molecule has 2 aromatic rings. The Labute approximate surface area is 183 Å². The molecular formula is C25H30N2O4. The van der Waals surface area contributed by atoms with Gasteiger partial charge in [0, 0.05) is 38.5 Å². The second-order valence-corrected chi connectivity index (χ2v) is 8.09. The zero-order valence-corrected chi connectivity index (χ0v) is 18.2. The van der Waals surface area contributed by atoms with Crippen LogP contribution in [0, 0.1) is 12.8 Å². The summed E-state index contributed by atoms with van der Waals surface area (Å²) in [5.74, 6) is 0.352. The van der Waals surface area contributed by atoms with Crippen molar-refractivity contribution in [2.45, 2.75) is 39.5 Å². The van der Waals surface area contributed by atoms with Gasteiger partial charge in [-0.2, -0.15) is 0 Å². The summed E-state index contributed by atoms with van der Waals surface area (Å²) in [7, 11) is 0. The van der Waals surface area contributed by atoms with E-state index in [0.717, 1.165) is 19.3 Å². The van der Waals surface area contributed by atoms with Crippen molar-refractivity contribution in [3.05, 3.63) is 65.2 Å².